The van der Waals surface area contributed by atoms with Crippen molar-refractivity contribution >= 4 is 18.3 Å². The van der Waals surface area contributed by atoms with E-state index in [1.165, 1.54) is 10.6 Å². The first-order chi connectivity index (χ1) is 5.13. The lowest BCUT2D eigenvalue weighted by Gasteiger charge is -1.95. The van der Waals surface area contributed by atoms with Crippen molar-refractivity contribution in [1.29, 1.82) is 0 Å². The van der Waals surface area contributed by atoms with E-state index in [1.807, 2.05) is 0 Å². The van der Waals surface area contributed by atoms with Crippen LogP contribution in [0.25, 0.3) is 0 Å². The normalized spacial score (nSPS) is 8.75. The van der Waals surface area contributed by atoms with Crippen LogP contribution in [0.3, 0.4) is 0 Å². The van der Waals surface area contributed by atoms with Crippen molar-refractivity contribution in [3.05, 3.63) is 24.0 Å². The highest BCUT2D eigenvalue weighted by molar-refractivity contribution is 5.91. The molecule has 1 aromatic rings. The number of rotatable bonds is 1. The Bertz CT molecular complexity index is 281. The second-order valence-electron chi connectivity index (χ2n) is 2.22. The van der Waals surface area contributed by atoms with Gasteiger partial charge in [-0.15, -0.1) is 12.4 Å². The Kier molecular flexibility index (Phi) is 3.50. The van der Waals surface area contributed by atoms with Gasteiger partial charge in [-0.3, -0.25) is 4.79 Å². The molecule has 0 radical (unpaired) electrons. The predicted molar refractivity (Wildman–Crippen MR) is 45.0 cm³/mol. The fourth-order valence-corrected chi connectivity index (χ4v) is 0.897. The van der Waals surface area contributed by atoms with Crippen LogP contribution in [0.2, 0.25) is 0 Å². The van der Waals surface area contributed by atoms with Crippen molar-refractivity contribution in [1.82, 2.24) is 0 Å². The summed E-state index contributed by atoms with van der Waals surface area (Å²) in [6.07, 6.45) is 1.64. The van der Waals surface area contributed by atoms with E-state index in [-0.39, 0.29) is 23.9 Å². The molecule has 1 rings (SSSR count). The van der Waals surface area contributed by atoms with Gasteiger partial charge in [-0.25, -0.2) is 0 Å². The Labute approximate surface area is 76.0 Å². The molecule has 0 unspecified atom stereocenters. The Morgan fingerprint density at radius 1 is 1.67 bits per heavy atom. The lowest BCUT2D eigenvalue weighted by atomic mass is 10.3. The van der Waals surface area contributed by atoms with Crippen molar-refractivity contribution < 1.29 is 14.5 Å². The van der Waals surface area contributed by atoms with Crippen LogP contribution < -0.4 is 10.3 Å². The molecule has 0 bridgehead atoms. The van der Waals surface area contributed by atoms with Crippen molar-refractivity contribution in [3.8, 4) is 5.75 Å². The third kappa shape index (κ3) is 1.85. The number of hydrogen-bond donors (Lipinski definition) is 2. The van der Waals surface area contributed by atoms with Gasteiger partial charge in [-0.05, 0) is 6.07 Å². The Balaban J connectivity index is 0.00000121. The molecule has 0 aliphatic heterocycles. The number of aromatic hydroxyl groups is 1. The van der Waals surface area contributed by atoms with Crippen LogP contribution >= 0.6 is 12.4 Å². The van der Waals surface area contributed by atoms with E-state index >= 15 is 0 Å². The average Bonchev–Trinajstić information content (AvgIpc) is 1.85. The van der Waals surface area contributed by atoms with Gasteiger partial charge in [-0.1, -0.05) is 0 Å². The highest BCUT2D eigenvalue weighted by atomic mass is 35.5. The van der Waals surface area contributed by atoms with Gasteiger partial charge in [0.05, 0.1) is 0 Å². The van der Waals surface area contributed by atoms with Gasteiger partial charge in [0.15, 0.2) is 11.9 Å². The number of nitrogens with two attached hydrogens (primary N) is 1. The number of aryl methyl sites for hydroxylation is 1. The van der Waals surface area contributed by atoms with Crippen molar-refractivity contribution in [2.75, 3.05) is 0 Å². The maximum absolute atomic E-state index is 10.7. The molecule has 12 heavy (non-hydrogen) atoms. The largest absolute Gasteiger partial charge is 0.502 e. The molecule has 3 N–H and O–H groups in total. The summed E-state index contributed by atoms with van der Waals surface area (Å²) < 4.78 is 1.47. The van der Waals surface area contributed by atoms with Gasteiger partial charge < -0.3 is 10.8 Å². The second-order valence-corrected chi connectivity index (χ2v) is 2.22. The average molecular weight is 190 g/mol. The number of primary amides is 1. The van der Waals surface area contributed by atoms with E-state index in [4.69, 9.17) is 10.8 Å². The lowest BCUT2D eigenvalue weighted by molar-refractivity contribution is -0.673. The number of halogens is 1. The molecular formula is C7H10ClN2O2+. The molecule has 0 aliphatic rings. The summed E-state index contributed by atoms with van der Waals surface area (Å²) in [6.45, 7) is 0. The van der Waals surface area contributed by atoms with Crippen LogP contribution in [0, 0.1) is 0 Å². The van der Waals surface area contributed by atoms with Gasteiger partial charge in [-0.2, -0.15) is 4.57 Å². The van der Waals surface area contributed by atoms with Gasteiger partial charge in [0.25, 0.3) is 0 Å². The molecule has 1 amide bonds. The summed E-state index contributed by atoms with van der Waals surface area (Å²) in [6, 6.07) is 3.04. The van der Waals surface area contributed by atoms with E-state index in [1.54, 1.807) is 19.3 Å². The van der Waals surface area contributed by atoms with E-state index < -0.39 is 5.91 Å². The number of aromatic nitrogens is 1. The maximum atomic E-state index is 10.7. The molecular weight excluding hydrogens is 180 g/mol. The van der Waals surface area contributed by atoms with Crippen LogP contribution in [-0.4, -0.2) is 11.0 Å². The van der Waals surface area contributed by atoms with Crippen LogP contribution in [0.5, 0.6) is 5.75 Å². The first kappa shape index (κ1) is 10.7. The lowest BCUT2D eigenvalue weighted by Crippen LogP contribution is -2.38. The molecule has 0 fully saturated rings. The summed E-state index contributed by atoms with van der Waals surface area (Å²) in [5, 5.41) is 9.14. The van der Waals surface area contributed by atoms with Crippen LogP contribution in [0.4, 0.5) is 0 Å². The number of hydrogen-bond acceptors (Lipinski definition) is 2. The topological polar surface area (TPSA) is 67.2 Å². The van der Waals surface area contributed by atoms with Gasteiger partial charge in [0.2, 0.25) is 0 Å². The van der Waals surface area contributed by atoms with Crippen LogP contribution in [0.15, 0.2) is 18.3 Å². The summed E-state index contributed by atoms with van der Waals surface area (Å²) in [7, 11) is 1.64. The minimum atomic E-state index is -0.634. The fourth-order valence-electron chi connectivity index (χ4n) is 0.897. The van der Waals surface area contributed by atoms with Crippen molar-refractivity contribution in [3.63, 3.8) is 0 Å². The second kappa shape index (κ2) is 3.92. The molecule has 0 saturated carbocycles. The Morgan fingerprint density at radius 2 is 2.25 bits per heavy atom. The zero-order valence-electron chi connectivity index (χ0n) is 6.52. The molecule has 1 heterocycles. The van der Waals surface area contributed by atoms with E-state index in [0.29, 0.717) is 0 Å². The van der Waals surface area contributed by atoms with Crippen molar-refractivity contribution in [2.24, 2.45) is 12.8 Å². The predicted octanol–water partition coefficient (Wildman–Crippen LogP) is -0.263. The van der Waals surface area contributed by atoms with Crippen LogP contribution in [-0.2, 0) is 7.05 Å². The number of carbonyl (C=O) groups excluding carboxylic acids is 1. The molecule has 5 heteroatoms. The standard InChI is InChI=1S/C7H8N2O2.ClH/c1-9-4-2-3-5(10)6(9)7(8)11;/h2-4H,1H3,(H2-,8,10,11);1H/p+1. The smallest absolute Gasteiger partial charge is 0.317 e. The molecule has 4 nitrogen and oxygen atoms in total. The Morgan fingerprint density at radius 3 is 2.58 bits per heavy atom. The van der Waals surface area contributed by atoms with E-state index in [9.17, 15) is 4.79 Å². The molecule has 0 aliphatic carbocycles. The maximum Gasteiger partial charge on any atom is 0.317 e. The van der Waals surface area contributed by atoms with Gasteiger partial charge in [0.1, 0.15) is 7.05 Å². The summed E-state index contributed by atoms with van der Waals surface area (Å²) in [5.74, 6) is -0.729. The first-order valence-corrected chi connectivity index (χ1v) is 3.10. The molecule has 0 aromatic carbocycles. The van der Waals surface area contributed by atoms with Gasteiger partial charge >= 0.3 is 11.6 Å². The third-order valence-electron chi connectivity index (χ3n) is 1.39. The zero-order chi connectivity index (χ0) is 8.43. The highest BCUT2D eigenvalue weighted by Gasteiger charge is 2.17. The third-order valence-corrected chi connectivity index (χ3v) is 1.39. The van der Waals surface area contributed by atoms with Gasteiger partial charge in [0, 0.05) is 6.07 Å². The molecule has 1 aromatic heterocycles. The summed E-state index contributed by atoms with van der Waals surface area (Å²) >= 11 is 0. The molecule has 0 spiro atoms. The Hall–Kier alpha value is -1.29. The number of nitrogens with zero attached hydrogens (tertiary/aromatic N) is 1. The minimum absolute atomic E-state index is 0. The quantitative estimate of drug-likeness (QED) is 0.598. The van der Waals surface area contributed by atoms with Crippen molar-refractivity contribution in [2.45, 2.75) is 0 Å². The molecule has 66 valence electrons. The first-order valence-electron chi connectivity index (χ1n) is 3.10. The number of carbonyl (C=O) groups is 1. The minimum Gasteiger partial charge on any atom is -0.502 e. The zero-order valence-corrected chi connectivity index (χ0v) is 7.34. The SMILES string of the molecule is C[n+]1cccc(O)c1C(N)=O.Cl. The summed E-state index contributed by atoms with van der Waals surface area (Å²) in [5.41, 5.74) is 5.11. The highest BCUT2D eigenvalue weighted by Crippen LogP contribution is 2.08. The summed E-state index contributed by atoms with van der Waals surface area (Å²) in [4.78, 5) is 10.7. The number of amides is 1. The van der Waals surface area contributed by atoms with Crippen LogP contribution in [0.1, 0.15) is 10.5 Å². The monoisotopic (exact) mass is 189 g/mol. The van der Waals surface area contributed by atoms with E-state index in [0.717, 1.165) is 0 Å². The number of pyridine rings is 1. The van der Waals surface area contributed by atoms with E-state index in [2.05, 4.69) is 0 Å². The fraction of sp³-hybridized carbons (Fsp3) is 0.143. The molecule has 0 saturated heterocycles. The molecule has 0 atom stereocenters.